The van der Waals surface area contributed by atoms with Gasteiger partial charge in [-0.25, -0.2) is 4.98 Å². The van der Waals surface area contributed by atoms with E-state index >= 15 is 0 Å². The highest BCUT2D eigenvalue weighted by Gasteiger charge is 2.10. The number of H-pyrrole nitrogens is 1. The summed E-state index contributed by atoms with van der Waals surface area (Å²) in [6.07, 6.45) is 3.48. The van der Waals surface area contributed by atoms with E-state index in [-0.39, 0.29) is 6.04 Å². The Kier molecular flexibility index (Phi) is 5.55. The summed E-state index contributed by atoms with van der Waals surface area (Å²) in [5, 5.41) is 10.2. The molecule has 0 aliphatic heterocycles. The third kappa shape index (κ3) is 4.06. The summed E-state index contributed by atoms with van der Waals surface area (Å²) >= 11 is 0. The van der Waals surface area contributed by atoms with Gasteiger partial charge in [0.05, 0.1) is 6.61 Å². The van der Waals surface area contributed by atoms with Crippen molar-refractivity contribution in [3.63, 3.8) is 0 Å². The zero-order valence-electron chi connectivity index (χ0n) is 12.1. The monoisotopic (exact) mass is 274 g/mol. The van der Waals surface area contributed by atoms with Crippen molar-refractivity contribution in [1.29, 1.82) is 0 Å². The topological polar surface area (TPSA) is 62.8 Å². The van der Waals surface area contributed by atoms with E-state index in [1.54, 1.807) is 6.33 Å². The van der Waals surface area contributed by atoms with Gasteiger partial charge in [-0.2, -0.15) is 5.10 Å². The number of benzene rings is 1. The predicted molar refractivity (Wildman–Crippen MR) is 78.7 cm³/mol. The van der Waals surface area contributed by atoms with Gasteiger partial charge in [0.25, 0.3) is 0 Å². The average molecular weight is 274 g/mol. The van der Waals surface area contributed by atoms with E-state index in [9.17, 15) is 0 Å². The number of rotatable bonds is 8. The van der Waals surface area contributed by atoms with E-state index in [0.717, 1.165) is 31.0 Å². The lowest BCUT2D eigenvalue weighted by atomic mass is 10.1. The van der Waals surface area contributed by atoms with Gasteiger partial charge in [0.15, 0.2) is 0 Å². The van der Waals surface area contributed by atoms with Gasteiger partial charge in [-0.3, -0.25) is 5.10 Å². The van der Waals surface area contributed by atoms with Gasteiger partial charge in [-0.15, -0.1) is 0 Å². The van der Waals surface area contributed by atoms with Gasteiger partial charge >= 0.3 is 0 Å². The molecule has 0 aliphatic carbocycles. The van der Waals surface area contributed by atoms with E-state index in [1.807, 2.05) is 25.1 Å². The summed E-state index contributed by atoms with van der Waals surface area (Å²) in [7, 11) is 0. The van der Waals surface area contributed by atoms with Crippen LogP contribution in [0.3, 0.4) is 0 Å². The zero-order chi connectivity index (χ0) is 14.2. The largest absolute Gasteiger partial charge is 0.494 e. The molecule has 0 aliphatic rings. The highest BCUT2D eigenvalue weighted by atomic mass is 16.5. The third-order valence-electron chi connectivity index (χ3n) is 3.19. The van der Waals surface area contributed by atoms with Crippen molar-refractivity contribution in [1.82, 2.24) is 20.5 Å². The Labute approximate surface area is 119 Å². The first-order chi connectivity index (χ1) is 9.81. The number of hydrogen-bond donors (Lipinski definition) is 2. The van der Waals surface area contributed by atoms with E-state index in [0.29, 0.717) is 6.61 Å². The van der Waals surface area contributed by atoms with Crippen molar-refractivity contribution < 1.29 is 4.74 Å². The maximum Gasteiger partial charge on any atom is 0.137 e. The summed E-state index contributed by atoms with van der Waals surface area (Å²) in [5.74, 6) is 1.90. The molecule has 1 aromatic heterocycles. The molecule has 0 amide bonds. The van der Waals surface area contributed by atoms with Gasteiger partial charge in [0, 0.05) is 18.0 Å². The van der Waals surface area contributed by atoms with Crippen molar-refractivity contribution in [2.24, 2.45) is 0 Å². The van der Waals surface area contributed by atoms with Crippen LogP contribution < -0.4 is 10.1 Å². The Bertz CT molecular complexity index is 498. The number of ether oxygens (including phenoxy) is 1. The van der Waals surface area contributed by atoms with Crippen LogP contribution in [-0.4, -0.2) is 28.3 Å². The van der Waals surface area contributed by atoms with Crippen molar-refractivity contribution in [2.75, 3.05) is 13.2 Å². The summed E-state index contributed by atoms with van der Waals surface area (Å²) in [6, 6.07) is 8.45. The lowest BCUT2D eigenvalue weighted by molar-refractivity contribution is 0.332. The van der Waals surface area contributed by atoms with Crippen LogP contribution in [0.25, 0.3) is 0 Å². The molecule has 2 rings (SSSR count). The summed E-state index contributed by atoms with van der Waals surface area (Å²) in [4.78, 5) is 4.12. The molecule has 2 aromatic rings. The fourth-order valence-electron chi connectivity index (χ4n) is 2.16. The van der Waals surface area contributed by atoms with Gasteiger partial charge < -0.3 is 10.1 Å². The molecule has 20 heavy (non-hydrogen) atoms. The third-order valence-corrected chi connectivity index (χ3v) is 3.19. The highest BCUT2D eigenvalue weighted by Crippen LogP contribution is 2.24. The number of aryl methyl sites for hydroxylation is 1. The standard InChI is InChI=1S/C15H22N4O/c1-3-20-14-8-5-4-7-13(14)12(2)16-10-6-9-15-17-11-18-19-15/h4-5,7-8,11-12,16H,3,6,9-10H2,1-2H3,(H,17,18,19). The van der Waals surface area contributed by atoms with E-state index in [4.69, 9.17) is 4.74 Å². The summed E-state index contributed by atoms with van der Waals surface area (Å²) in [6.45, 7) is 5.79. The van der Waals surface area contributed by atoms with Crippen LogP contribution in [-0.2, 0) is 6.42 Å². The molecule has 0 bridgehead atoms. The molecule has 0 saturated carbocycles. The molecule has 5 heteroatoms. The molecule has 1 aromatic carbocycles. The molecule has 1 unspecified atom stereocenters. The van der Waals surface area contributed by atoms with Crippen LogP contribution in [0.5, 0.6) is 5.75 Å². The van der Waals surface area contributed by atoms with Crippen LogP contribution >= 0.6 is 0 Å². The summed E-state index contributed by atoms with van der Waals surface area (Å²) in [5.41, 5.74) is 1.20. The summed E-state index contributed by atoms with van der Waals surface area (Å²) < 4.78 is 5.66. The number of aromatic nitrogens is 3. The maximum absolute atomic E-state index is 5.66. The van der Waals surface area contributed by atoms with Crippen LogP contribution in [0, 0.1) is 0 Å². The highest BCUT2D eigenvalue weighted by molar-refractivity contribution is 5.35. The van der Waals surface area contributed by atoms with Crippen molar-refractivity contribution in [3.05, 3.63) is 42.0 Å². The fourth-order valence-corrected chi connectivity index (χ4v) is 2.16. The Hall–Kier alpha value is -1.88. The molecule has 0 spiro atoms. The fraction of sp³-hybridized carbons (Fsp3) is 0.467. The number of para-hydroxylation sites is 1. The Balaban J connectivity index is 1.80. The molecule has 0 fully saturated rings. The van der Waals surface area contributed by atoms with E-state index < -0.39 is 0 Å². The first-order valence-corrected chi connectivity index (χ1v) is 7.10. The van der Waals surface area contributed by atoms with E-state index in [1.165, 1.54) is 5.56 Å². The first kappa shape index (κ1) is 14.5. The Morgan fingerprint density at radius 3 is 2.95 bits per heavy atom. The van der Waals surface area contributed by atoms with E-state index in [2.05, 4.69) is 33.5 Å². The van der Waals surface area contributed by atoms with Crippen LogP contribution in [0.15, 0.2) is 30.6 Å². The molecule has 2 N–H and O–H groups in total. The lowest BCUT2D eigenvalue weighted by Crippen LogP contribution is -2.21. The van der Waals surface area contributed by atoms with Gasteiger partial charge in [-0.05, 0) is 32.9 Å². The number of nitrogens with one attached hydrogen (secondary N) is 2. The number of hydrogen-bond acceptors (Lipinski definition) is 4. The van der Waals surface area contributed by atoms with Crippen molar-refractivity contribution >= 4 is 0 Å². The normalized spacial score (nSPS) is 12.3. The van der Waals surface area contributed by atoms with Crippen LogP contribution in [0.1, 0.15) is 37.7 Å². The van der Waals surface area contributed by atoms with Gasteiger partial charge in [0.1, 0.15) is 17.9 Å². The molecule has 0 radical (unpaired) electrons. The van der Waals surface area contributed by atoms with Gasteiger partial charge in [0.2, 0.25) is 0 Å². The Morgan fingerprint density at radius 2 is 2.20 bits per heavy atom. The number of nitrogens with zero attached hydrogens (tertiary/aromatic N) is 2. The molecular formula is C15H22N4O. The molecule has 5 nitrogen and oxygen atoms in total. The van der Waals surface area contributed by atoms with Crippen LogP contribution in [0.4, 0.5) is 0 Å². The van der Waals surface area contributed by atoms with Crippen LogP contribution in [0.2, 0.25) is 0 Å². The molecule has 0 saturated heterocycles. The second kappa shape index (κ2) is 7.65. The molecule has 108 valence electrons. The number of aromatic amines is 1. The zero-order valence-corrected chi connectivity index (χ0v) is 12.1. The first-order valence-electron chi connectivity index (χ1n) is 7.10. The minimum atomic E-state index is 0.271. The van der Waals surface area contributed by atoms with Crippen molar-refractivity contribution in [3.8, 4) is 5.75 Å². The minimum absolute atomic E-state index is 0.271. The smallest absolute Gasteiger partial charge is 0.137 e. The average Bonchev–Trinajstić information content (AvgIpc) is 2.97. The maximum atomic E-state index is 5.66. The van der Waals surface area contributed by atoms with Gasteiger partial charge in [-0.1, -0.05) is 18.2 Å². The quantitative estimate of drug-likeness (QED) is 0.726. The predicted octanol–water partition coefficient (Wildman–Crippen LogP) is 2.49. The Morgan fingerprint density at radius 1 is 1.35 bits per heavy atom. The second-order valence-corrected chi connectivity index (χ2v) is 4.68. The molecule has 1 atom stereocenters. The SMILES string of the molecule is CCOc1ccccc1C(C)NCCCc1ncn[nH]1. The van der Waals surface area contributed by atoms with Crippen molar-refractivity contribution in [2.45, 2.75) is 32.7 Å². The molecular weight excluding hydrogens is 252 g/mol. The molecule has 1 heterocycles. The second-order valence-electron chi connectivity index (χ2n) is 4.68. The lowest BCUT2D eigenvalue weighted by Gasteiger charge is -2.17. The minimum Gasteiger partial charge on any atom is -0.494 e.